The molecule has 2 aromatic carbocycles. The standard InChI is InChI=1S/C20H14Cl2N4O2/c1-13-19(10-16(11-23)15-4-8-18(9-5-15)26(27)28)20(22)25(24-13)12-14-2-6-17(21)7-3-14/h2-10H,12H2,1H3/b16-10-. The first-order valence-electron chi connectivity index (χ1n) is 8.23. The van der Waals surface area contributed by atoms with Gasteiger partial charge in [0, 0.05) is 22.7 Å². The van der Waals surface area contributed by atoms with Gasteiger partial charge in [-0.2, -0.15) is 10.4 Å². The van der Waals surface area contributed by atoms with Crippen molar-refractivity contribution in [2.45, 2.75) is 13.5 Å². The molecule has 28 heavy (non-hydrogen) atoms. The van der Waals surface area contributed by atoms with E-state index in [1.807, 2.05) is 12.1 Å². The number of halogens is 2. The average Bonchev–Trinajstić information content (AvgIpc) is 2.94. The van der Waals surface area contributed by atoms with Crippen LogP contribution in [0.15, 0.2) is 48.5 Å². The molecule has 0 N–H and O–H groups in total. The Labute approximate surface area is 171 Å². The van der Waals surface area contributed by atoms with Gasteiger partial charge in [-0.05, 0) is 48.4 Å². The first-order valence-corrected chi connectivity index (χ1v) is 8.98. The monoisotopic (exact) mass is 412 g/mol. The van der Waals surface area contributed by atoms with E-state index in [0.29, 0.717) is 39.1 Å². The quantitative estimate of drug-likeness (QED) is 0.313. The molecule has 1 aromatic heterocycles. The van der Waals surface area contributed by atoms with Crippen molar-refractivity contribution in [1.29, 1.82) is 5.26 Å². The molecule has 0 saturated heterocycles. The van der Waals surface area contributed by atoms with E-state index in [2.05, 4.69) is 11.2 Å². The van der Waals surface area contributed by atoms with Gasteiger partial charge in [-0.3, -0.25) is 10.1 Å². The normalized spacial score (nSPS) is 11.3. The SMILES string of the molecule is Cc1nn(Cc2ccc(Cl)cc2)c(Cl)c1/C=C(/C#N)c1ccc([N+](=O)[O-])cc1. The molecular formula is C20H14Cl2N4O2. The van der Waals surface area contributed by atoms with Crippen LogP contribution in [-0.2, 0) is 6.54 Å². The van der Waals surface area contributed by atoms with Gasteiger partial charge < -0.3 is 0 Å². The van der Waals surface area contributed by atoms with E-state index in [-0.39, 0.29) is 5.69 Å². The Bertz CT molecular complexity index is 1090. The molecule has 1 heterocycles. The van der Waals surface area contributed by atoms with Crippen LogP contribution in [0.3, 0.4) is 0 Å². The number of non-ortho nitro benzene ring substituents is 1. The van der Waals surface area contributed by atoms with E-state index in [4.69, 9.17) is 23.2 Å². The second kappa shape index (κ2) is 8.26. The molecule has 0 aliphatic carbocycles. The van der Waals surface area contributed by atoms with Gasteiger partial charge in [0.15, 0.2) is 0 Å². The van der Waals surface area contributed by atoms with Crippen LogP contribution in [0.5, 0.6) is 0 Å². The molecule has 0 fully saturated rings. The molecule has 0 aliphatic rings. The number of benzene rings is 2. The van der Waals surface area contributed by atoms with Crippen molar-refractivity contribution in [3.8, 4) is 6.07 Å². The first-order chi connectivity index (χ1) is 13.4. The van der Waals surface area contributed by atoms with Crippen molar-refractivity contribution >= 4 is 40.5 Å². The summed E-state index contributed by atoms with van der Waals surface area (Å²) < 4.78 is 1.65. The van der Waals surface area contributed by atoms with E-state index in [9.17, 15) is 15.4 Å². The largest absolute Gasteiger partial charge is 0.269 e. The minimum Gasteiger partial charge on any atom is -0.258 e. The van der Waals surface area contributed by atoms with Crippen LogP contribution in [-0.4, -0.2) is 14.7 Å². The lowest BCUT2D eigenvalue weighted by Crippen LogP contribution is -2.01. The van der Waals surface area contributed by atoms with Gasteiger partial charge in [0.05, 0.1) is 28.8 Å². The minimum atomic E-state index is -0.485. The van der Waals surface area contributed by atoms with Gasteiger partial charge in [-0.1, -0.05) is 35.3 Å². The number of nitro groups is 1. The van der Waals surface area contributed by atoms with E-state index >= 15 is 0 Å². The smallest absolute Gasteiger partial charge is 0.258 e. The van der Waals surface area contributed by atoms with Crippen LogP contribution in [0.1, 0.15) is 22.4 Å². The molecule has 6 nitrogen and oxygen atoms in total. The highest BCUT2D eigenvalue weighted by Gasteiger charge is 2.14. The fraction of sp³-hybridized carbons (Fsp3) is 0.100. The molecule has 0 atom stereocenters. The van der Waals surface area contributed by atoms with Crippen LogP contribution < -0.4 is 0 Å². The Hall–Kier alpha value is -3.14. The van der Waals surface area contributed by atoms with Gasteiger partial charge in [0.1, 0.15) is 5.15 Å². The molecule has 0 unspecified atom stereocenters. The summed E-state index contributed by atoms with van der Waals surface area (Å²) >= 11 is 12.4. The van der Waals surface area contributed by atoms with Crippen molar-refractivity contribution in [3.63, 3.8) is 0 Å². The fourth-order valence-corrected chi connectivity index (χ4v) is 3.10. The number of allylic oxidation sites excluding steroid dienone is 1. The topological polar surface area (TPSA) is 84.8 Å². The highest BCUT2D eigenvalue weighted by molar-refractivity contribution is 6.31. The van der Waals surface area contributed by atoms with Crippen LogP contribution in [0.2, 0.25) is 10.2 Å². The highest BCUT2D eigenvalue weighted by Crippen LogP contribution is 2.27. The Morgan fingerprint density at radius 1 is 1.21 bits per heavy atom. The molecule has 0 bridgehead atoms. The third-order valence-corrected chi connectivity index (χ3v) is 4.80. The Kier molecular flexibility index (Phi) is 5.78. The Morgan fingerprint density at radius 3 is 2.43 bits per heavy atom. The number of nitro benzene ring substituents is 1. The summed E-state index contributed by atoms with van der Waals surface area (Å²) in [5.41, 5.74) is 3.16. The number of hydrogen-bond acceptors (Lipinski definition) is 4. The van der Waals surface area contributed by atoms with Crippen molar-refractivity contribution in [1.82, 2.24) is 9.78 Å². The fourth-order valence-electron chi connectivity index (χ4n) is 2.69. The van der Waals surface area contributed by atoms with Crippen LogP contribution >= 0.6 is 23.2 Å². The van der Waals surface area contributed by atoms with Crippen LogP contribution in [0, 0.1) is 28.4 Å². The second-order valence-corrected chi connectivity index (χ2v) is 6.84. The predicted molar refractivity (Wildman–Crippen MR) is 109 cm³/mol. The molecule has 0 aliphatic heterocycles. The lowest BCUT2D eigenvalue weighted by molar-refractivity contribution is -0.384. The average molecular weight is 413 g/mol. The van der Waals surface area contributed by atoms with Crippen molar-refractivity contribution in [2.75, 3.05) is 0 Å². The summed E-state index contributed by atoms with van der Waals surface area (Å²) in [6.07, 6.45) is 1.64. The van der Waals surface area contributed by atoms with Gasteiger partial charge in [-0.25, -0.2) is 4.68 Å². The second-order valence-electron chi connectivity index (χ2n) is 6.05. The molecule has 3 aromatic rings. The number of aryl methyl sites for hydroxylation is 1. The summed E-state index contributed by atoms with van der Waals surface area (Å²) in [6, 6.07) is 15.3. The molecule has 8 heteroatoms. The van der Waals surface area contributed by atoms with Crippen molar-refractivity contribution in [2.24, 2.45) is 0 Å². The molecular weight excluding hydrogens is 399 g/mol. The third-order valence-electron chi connectivity index (χ3n) is 4.15. The zero-order chi connectivity index (χ0) is 20.3. The Balaban J connectivity index is 1.93. The maximum absolute atomic E-state index is 10.8. The van der Waals surface area contributed by atoms with E-state index in [1.54, 1.807) is 29.8 Å². The number of hydrogen-bond donors (Lipinski definition) is 0. The lowest BCUT2D eigenvalue weighted by Gasteiger charge is -2.04. The summed E-state index contributed by atoms with van der Waals surface area (Å²) in [4.78, 5) is 10.3. The number of rotatable bonds is 5. The van der Waals surface area contributed by atoms with Gasteiger partial charge >= 0.3 is 0 Å². The van der Waals surface area contributed by atoms with E-state index in [1.165, 1.54) is 24.3 Å². The summed E-state index contributed by atoms with van der Waals surface area (Å²) in [5, 5.41) is 25.8. The van der Waals surface area contributed by atoms with Crippen LogP contribution in [0.4, 0.5) is 5.69 Å². The van der Waals surface area contributed by atoms with Crippen molar-refractivity contribution < 1.29 is 4.92 Å². The van der Waals surface area contributed by atoms with Gasteiger partial charge in [0.25, 0.3) is 5.69 Å². The molecule has 0 saturated carbocycles. The van der Waals surface area contributed by atoms with Gasteiger partial charge in [0.2, 0.25) is 0 Å². The maximum Gasteiger partial charge on any atom is 0.269 e. The number of nitrogens with zero attached hydrogens (tertiary/aromatic N) is 4. The molecule has 140 valence electrons. The third kappa shape index (κ3) is 4.22. The minimum absolute atomic E-state index is 0.0361. The highest BCUT2D eigenvalue weighted by atomic mass is 35.5. The zero-order valence-electron chi connectivity index (χ0n) is 14.8. The maximum atomic E-state index is 10.8. The summed E-state index contributed by atoms with van der Waals surface area (Å²) in [5.74, 6) is 0. The number of aromatic nitrogens is 2. The van der Waals surface area contributed by atoms with Crippen LogP contribution in [0.25, 0.3) is 11.6 Å². The predicted octanol–water partition coefficient (Wildman–Crippen LogP) is 5.52. The molecule has 0 amide bonds. The molecule has 3 rings (SSSR count). The van der Waals surface area contributed by atoms with Gasteiger partial charge in [-0.15, -0.1) is 0 Å². The van der Waals surface area contributed by atoms with E-state index in [0.717, 1.165) is 5.56 Å². The summed E-state index contributed by atoms with van der Waals surface area (Å²) in [6.45, 7) is 2.27. The molecule has 0 spiro atoms. The van der Waals surface area contributed by atoms with Crippen molar-refractivity contribution in [3.05, 3.63) is 91.2 Å². The molecule has 0 radical (unpaired) electrons. The lowest BCUT2D eigenvalue weighted by atomic mass is 10.0. The number of nitriles is 1. The Morgan fingerprint density at radius 2 is 1.86 bits per heavy atom. The van der Waals surface area contributed by atoms with E-state index < -0.39 is 4.92 Å². The summed E-state index contributed by atoms with van der Waals surface area (Å²) in [7, 11) is 0. The zero-order valence-corrected chi connectivity index (χ0v) is 16.3. The first kappa shape index (κ1) is 19.6.